The molecule has 16 heavy (non-hydrogen) atoms. The number of hydrogen-bond acceptors (Lipinski definition) is 6. The van der Waals surface area contributed by atoms with E-state index in [9.17, 15) is 0 Å². The maximum absolute atomic E-state index is 5.85. The number of rotatable bonds is 5. The Morgan fingerprint density at radius 1 is 1.56 bits per heavy atom. The first-order chi connectivity index (χ1) is 7.83. The van der Waals surface area contributed by atoms with E-state index in [-0.39, 0.29) is 0 Å². The minimum absolute atomic E-state index is 0.518. The lowest BCUT2D eigenvalue weighted by Crippen LogP contribution is -2.11. The standard InChI is InChI=1S/C9H12N4O2S/c1-14-5-6-16-9-12-11-8(13(9)10)7-3-2-4-15-7/h2-4H,5-6,10H2,1H3. The highest BCUT2D eigenvalue weighted by atomic mass is 32.2. The lowest BCUT2D eigenvalue weighted by molar-refractivity contribution is 0.218. The van der Waals surface area contributed by atoms with E-state index in [0.29, 0.717) is 23.3 Å². The number of methoxy groups -OCH3 is 1. The zero-order valence-corrected chi connectivity index (χ0v) is 9.61. The third kappa shape index (κ3) is 2.20. The summed E-state index contributed by atoms with van der Waals surface area (Å²) in [6.45, 7) is 0.646. The molecule has 0 aromatic carbocycles. The Hall–Kier alpha value is -1.47. The second kappa shape index (κ2) is 5.04. The number of hydrogen-bond donors (Lipinski definition) is 1. The molecule has 2 N–H and O–H groups in total. The van der Waals surface area contributed by atoms with Gasteiger partial charge >= 0.3 is 0 Å². The van der Waals surface area contributed by atoms with E-state index < -0.39 is 0 Å². The van der Waals surface area contributed by atoms with Crippen molar-refractivity contribution < 1.29 is 9.15 Å². The van der Waals surface area contributed by atoms with Crippen molar-refractivity contribution in [2.75, 3.05) is 25.3 Å². The average Bonchev–Trinajstić information content (AvgIpc) is 2.89. The molecule has 0 aliphatic heterocycles. The van der Waals surface area contributed by atoms with E-state index >= 15 is 0 Å². The molecule has 7 heteroatoms. The van der Waals surface area contributed by atoms with E-state index in [1.54, 1.807) is 25.5 Å². The molecule has 0 saturated carbocycles. The first kappa shape index (κ1) is 11.0. The van der Waals surface area contributed by atoms with Gasteiger partial charge in [-0.15, -0.1) is 10.2 Å². The van der Waals surface area contributed by atoms with Gasteiger partial charge in [-0.2, -0.15) is 0 Å². The van der Waals surface area contributed by atoms with Crippen molar-refractivity contribution in [2.24, 2.45) is 0 Å². The van der Waals surface area contributed by atoms with E-state index in [2.05, 4.69) is 10.2 Å². The molecule has 0 aliphatic carbocycles. The Morgan fingerprint density at radius 3 is 3.12 bits per heavy atom. The molecule has 0 unspecified atom stereocenters. The zero-order chi connectivity index (χ0) is 11.4. The monoisotopic (exact) mass is 240 g/mol. The summed E-state index contributed by atoms with van der Waals surface area (Å²) in [5, 5.41) is 8.59. The minimum atomic E-state index is 0.518. The number of nitrogen functional groups attached to an aromatic ring is 1. The molecule has 0 radical (unpaired) electrons. The van der Waals surface area contributed by atoms with Gasteiger partial charge in [-0.1, -0.05) is 11.8 Å². The van der Waals surface area contributed by atoms with Crippen LogP contribution in [0.2, 0.25) is 0 Å². The number of nitrogens with two attached hydrogens (primary N) is 1. The van der Waals surface area contributed by atoms with Crippen molar-refractivity contribution >= 4 is 11.8 Å². The normalized spacial score (nSPS) is 10.8. The SMILES string of the molecule is COCCSc1nnc(-c2ccco2)n1N. The van der Waals surface area contributed by atoms with Crippen LogP contribution in [0.1, 0.15) is 0 Å². The molecule has 0 aliphatic rings. The third-order valence-electron chi connectivity index (χ3n) is 1.92. The van der Waals surface area contributed by atoms with E-state index in [4.69, 9.17) is 15.0 Å². The summed E-state index contributed by atoms with van der Waals surface area (Å²) < 4.78 is 11.6. The van der Waals surface area contributed by atoms with Crippen LogP contribution in [0.3, 0.4) is 0 Å². The Labute approximate surface area is 96.8 Å². The number of thioether (sulfide) groups is 1. The van der Waals surface area contributed by atoms with Gasteiger partial charge in [-0.3, -0.25) is 0 Å². The first-order valence-electron chi connectivity index (χ1n) is 4.69. The summed E-state index contributed by atoms with van der Waals surface area (Å²) in [5.41, 5.74) is 0. The van der Waals surface area contributed by atoms with Gasteiger partial charge in [0.05, 0.1) is 12.9 Å². The molecule has 2 heterocycles. The largest absolute Gasteiger partial charge is 0.461 e. The maximum Gasteiger partial charge on any atom is 0.218 e. The molecule has 0 amide bonds. The highest BCUT2D eigenvalue weighted by Gasteiger charge is 2.13. The fourth-order valence-electron chi connectivity index (χ4n) is 1.17. The van der Waals surface area contributed by atoms with Gasteiger partial charge in [0.2, 0.25) is 11.0 Å². The number of nitrogens with zero attached hydrogens (tertiary/aromatic N) is 3. The van der Waals surface area contributed by atoms with Gasteiger partial charge < -0.3 is 15.0 Å². The summed E-state index contributed by atoms with van der Waals surface area (Å²) in [7, 11) is 1.65. The van der Waals surface area contributed by atoms with Crippen molar-refractivity contribution in [3.05, 3.63) is 18.4 Å². The van der Waals surface area contributed by atoms with Crippen molar-refractivity contribution in [1.82, 2.24) is 14.9 Å². The highest BCUT2D eigenvalue weighted by molar-refractivity contribution is 7.99. The second-order valence-electron chi connectivity index (χ2n) is 2.99. The number of ether oxygens (including phenoxy) is 1. The minimum Gasteiger partial charge on any atom is -0.461 e. The summed E-state index contributed by atoms with van der Waals surface area (Å²) in [6.07, 6.45) is 1.57. The third-order valence-corrected chi connectivity index (χ3v) is 2.83. The van der Waals surface area contributed by atoms with Crippen LogP contribution in [-0.2, 0) is 4.74 Å². The van der Waals surface area contributed by atoms with Crippen molar-refractivity contribution in [1.29, 1.82) is 0 Å². The molecular formula is C9H12N4O2S. The molecule has 0 fully saturated rings. The molecule has 0 bridgehead atoms. The van der Waals surface area contributed by atoms with Crippen LogP contribution in [0.5, 0.6) is 0 Å². The van der Waals surface area contributed by atoms with Gasteiger partial charge in [-0.05, 0) is 12.1 Å². The topological polar surface area (TPSA) is 79.1 Å². The average molecular weight is 240 g/mol. The van der Waals surface area contributed by atoms with E-state index in [1.165, 1.54) is 16.4 Å². The molecule has 0 saturated heterocycles. The maximum atomic E-state index is 5.85. The molecule has 0 spiro atoms. The predicted molar refractivity (Wildman–Crippen MR) is 60.5 cm³/mol. The lowest BCUT2D eigenvalue weighted by atomic mass is 10.4. The van der Waals surface area contributed by atoms with E-state index in [0.717, 1.165) is 5.75 Å². The fourth-order valence-corrected chi connectivity index (χ4v) is 1.92. The Morgan fingerprint density at radius 2 is 2.44 bits per heavy atom. The summed E-state index contributed by atoms with van der Waals surface area (Å²) >= 11 is 1.49. The summed E-state index contributed by atoms with van der Waals surface area (Å²) in [6, 6.07) is 3.57. The van der Waals surface area contributed by atoms with Crippen molar-refractivity contribution in [3.63, 3.8) is 0 Å². The molecule has 86 valence electrons. The highest BCUT2D eigenvalue weighted by Crippen LogP contribution is 2.21. The predicted octanol–water partition coefficient (Wildman–Crippen LogP) is 0.990. The van der Waals surface area contributed by atoms with Crippen LogP contribution in [0.25, 0.3) is 11.6 Å². The fraction of sp³-hybridized carbons (Fsp3) is 0.333. The van der Waals surface area contributed by atoms with Crippen LogP contribution >= 0.6 is 11.8 Å². The first-order valence-corrected chi connectivity index (χ1v) is 5.67. The second-order valence-corrected chi connectivity index (χ2v) is 4.06. The zero-order valence-electron chi connectivity index (χ0n) is 8.79. The molecule has 0 atom stereocenters. The van der Waals surface area contributed by atoms with Crippen LogP contribution < -0.4 is 5.84 Å². The Bertz CT molecular complexity index is 440. The molecule has 2 aromatic rings. The van der Waals surface area contributed by atoms with Gasteiger partial charge in [0.15, 0.2) is 5.76 Å². The molecular weight excluding hydrogens is 228 g/mol. The van der Waals surface area contributed by atoms with Crippen LogP contribution in [-0.4, -0.2) is 34.3 Å². The molecule has 6 nitrogen and oxygen atoms in total. The van der Waals surface area contributed by atoms with Crippen LogP contribution in [0, 0.1) is 0 Å². The smallest absolute Gasteiger partial charge is 0.218 e. The quantitative estimate of drug-likeness (QED) is 0.477. The van der Waals surface area contributed by atoms with Gasteiger partial charge in [0, 0.05) is 12.9 Å². The van der Waals surface area contributed by atoms with Gasteiger partial charge in [0.1, 0.15) is 0 Å². The summed E-state index contributed by atoms with van der Waals surface area (Å²) in [5.74, 6) is 7.75. The van der Waals surface area contributed by atoms with Crippen molar-refractivity contribution in [3.8, 4) is 11.6 Å². The van der Waals surface area contributed by atoms with E-state index in [1.807, 2.05) is 0 Å². The Balaban J connectivity index is 2.12. The lowest BCUT2D eigenvalue weighted by Gasteiger charge is -2.01. The number of aromatic nitrogens is 3. The van der Waals surface area contributed by atoms with Gasteiger partial charge in [0.25, 0.3) is 0 Å². The number of furan rings is 1. The Kier molecular flexibility index (Phi) is 3.47. The molecule has 2 rings (SSSR count). The molecule has 2 aromatic heterocycles. The van der Waals surface area contributed by atoms with Crippen LogP contribution in [0.15, 0.2) is 28.0 Å². The van der Waals surface area contributed by atoms with Crippen molar-refractivity contribution in [2.45, 2.75) is 5.16 Å². The summed E-state index contributed by atoms with van der Waals surface area (Å²) in [4.78, 5) is 0. The van der Waals surface area contributed by atoms with Crippen LogP contribution in [0.4, 0.5) is 0 Å². The van der Waals surface area contributed by atoms with Gasteiger partial charge in [-0.25, -0.2) is 4.68 Å².